The highest BCUT2D eigenvalue weighted by Crippen LogP contribution is 2.47. The van der Waals surface area contributed by atoms with Gasteiger partial charge in [0.2, 0.25) is 0 Å². The monoisotopic (exact) mass is 561 g/mol. The van der Waals surface area contributed by atoms with Gasteiger partial charge in [0, 0.05) is 5.56 Å². The van der Waals surface area contributed by atoms with E-state index in [4.69, 9.17) is 23.3 Å². The van der Waals surface area contributed by atoms with E-state index in [1.54, 1.807) is 21.0 Å². The lowest BCUT2D eigenvalue weighted by Gasteiger charge is -2.22. The van der Waals surface area contributed by atoms with Crippen LogP contribution < -0.4 is 10.1 Å². The van der Waals surface area contributed by atoms with E-state index in [0.717, 1.165) is 16.7 Å². The second-order valence-corrected chi connectivity index (χ2v) is 10.1. The molecular weight excluding hydrogens is 529 g/mol. The quantitative estimate of drug-likeness (QED) is 0.194. The fraction of sp³-hybridized carbons (Fsp3) is 0.400. The van der Waals surface area contributed by atoms with Gasteiger partial charge in [0.05, 0.1) is 32.7 Å². The zero-order valence-electron chi connectivity index (χ0n) is 22.0. The summed E-state index contributed by atoms with van der Waals surface area (Å²) in [7, 11) is -2.43. The molecule has 39 heavy (non-hydrogen) atoms. The number of rotatable bonds is 16. The van der Waals surface area contributed by atoms with E-state index in [2.05, 4.69) is 25.9 Å². The van der Waals surface area contributed by atoms with Crippen LogP contribution in [0.1, 0.15) is 31.3 Å². The van der Waals surface area contributed by atoms with Crippen LogP contribution in [0.25, 0.3) is 11.1 Å². The Bertz CT molecular complexity index is 1220. The summed E-state index contributed by atoms with van der Waals surface area (Å²) in [5.41, 5.74) is 2.80. The molecule has 1 heterocycles. The normalized spacial score (nSPS) is 12.1. The number of carbonyl (C=O) groups is 2. The fourth-order valence-electron chi connectivity index (χ4n) is 3.58. The first kappa shape index (κ1) is 29.9. The molecule has 3 rings (SSSR count). The topological polar surface area (TPSA) is 164 Å². The van der Waals surface area contributed by atoms with Crippen LogP contribution in [0.4, 0.5) is 0 Å². The van der Waals surface area contributed by atoms with Crippen LogP contribution in [0.15, 0.2) is 48.5 Å². The van der Waals surface area contributed by atoms with Crippen molar-refractivity contribution in [3.8, 4) is 16.9 Å². The Labute approximate surface area is 226 Å². The number of aromatic amines is 1. The zero-order chi connectivity index (χ0) is 28.1. The summed E-state index contributed by atoms with van der Waals surface area (Å²) in [5, 5.41) is 17.2. The Morgan fingerprint density at radius 2 is 1.67 bits per heavy atom. The predicted molar refractivity (Wildman–Crippen MR) is 140 cm³/mol. The molecule has 0 fully saturated rings. The maximum Gasteiger partial charge on any atom is 0.345 e. The number of hydrogen-bond acceptors (Lipinski definition) is 12. The third-order valence-corrected chi connectivity index (χ3v) is 6.98. The summed E-state index contributed by atoms with van der Waals surface area (Å²) < 4.78 is 39.3. The number of esters is 2. The van der Waals surface area contributed by atoms with Crippen LogP contribution in [0.2, 0.25) is 0 Å². The third-order valence-electron chi connectivity index (χ3n) is 5.36. The number of aromatic nitrogens is 4. The van der Waals surface area contributed by atoms with Crippen molar-refractivity contribution in [3.05, 3.63) is 59.9 Å². The SMILES string of the molecule is CCOC(=O)COP(=O)(CNC(Cc1ccc(-c2ccccc2)c(OC)c1)c1nn[nH]n1)OCC(=O)OCC. The lowest BCUT2D eigenvalue weighted by atomic mass is 9.99. The molecule has 0 amide bonds. The molecule has 13 nitrogen and oxygen atoms in total. The molecule has 0 aliphatic carbocycles. The molecule has 0 spiro atoms. The Morgan fingerprint density at radius 1 is 1.00 bits per heavy atom. The molecule has 1 aromatic heterocycles. The van der Waals surface area contributed by atoms with Gasteiger partial charge in [-0.05, 0) is 37.5 Å². The van der Waals surface area contributed by atoms with E-state index in [0.29, 0.717) is 18.0 Å². The molecule has 0 radical (unpaired) electrons. The molecule has 2 N–H and O–H groups in total. The van der Waals surface area contributed by atoms with Gasteiger partial charge in [0.25, 0.3) is 0 Å². The standard InChI is InChI=1S/C25H32N5O8P/c1-4-35-23(31)15-37-39(33,38-16-24(32)36-5-2)17-26-21(25-27-29-30-28-25)13-18-11-12-20(22(14-18)34-3)19-9-7-6-8-10-19/h6-12,14,21,26H,4-5,13,15-17H2,1-3H3,(H,27,28,29,30). The zero-order valence-corrected chi connectivity index (χ0v) is 22.9. The van der Waals surface area contributed by atoms with Crippen molar-refractivity contribution >= 4 is 19.5 Å². The second kappa shape index (κ2) is 15.1. The van der Waals surface area contributed by atoms with Gasteiger partial charge in [0.15, 0.2) is 19.0 Å². The van der Waals surface area contributed by atoms with Crippen LogP contribution in [0, 0.1) is 0 Å². The summed E-state index contributed by atoms with van der Waals surface area (Å²) in [4.78, 5) is 23.6. The summed E-state index contributed by atoms with van der Waals surface area (Å²) in [6, 6.07) is 15.0. The molecule has 3 aromatic rings. The van der Waals surface area contributed by atoms with Gasteiger partial charge in [-0.3, -0.25) is 18.9 Å². The van der Waals surface area contributed by atoms with E-state index < -0.39 is 38.8 Å². The number of carbonyl (C=O) groups excluding carboxylic acids is 2. The van der Waals surface area contributed by atoms with Gasteiger partial charge in [0.1, 0.15) is 5.75 Å². The van der Waals surface area contributed by atoms with Gasteiger partial charge < -0.3 is 14.2 Å². The molecule has 210 valence electrons. The summed E-state index contributed by atoms with van der Waals surface area (Å²) in [6.45, 7) is 2.27. The average Bonchev–Trinajstić information content (AvgIpc) is 3.49. The maximum absolute atomic E-state index is 13.5. The molecule has 0 saturated heterocycles. The Kier molecular flexibility index (Phi) is 11.6. The Morgan fingerprint density at radius 3 is 2.23 bits per heavy atom. The van der Waals surface area contributed by atoms with Crippen molar-refractivity contribution in [2.45, 2.75) is 26.3 Å². The minimum Gasteiger partial charge on any atom is -0.496 e. The van der Waals surface area contributed by atoms with Crippen molar-refractivity contribution < 1.29 is 37.4 Å². The lowest BCUT2D eigenvalue weighted by Crippen LogP contribution is -2.28. The minimum absolute atomic E-state index is 0.126. The predicted octanol–water partition coefficient (Wildman–Crippen LogP) is 3.06. The van der Waals surface area contributed by atoms with Crippen LogP contribution >= 0.6 is 7.60 Å². The average molecular weight is 562 g/mol. The minimum atomic E-state index is -4.02. The van der Waals surface area contributed by atoms with Gasteiger partial charge in [-0.25, -0.2) is 9.59 Å². The summed E-state index contributed by atoms with van der Waals surface area (Å²) in [5.74, 6) is -0.481. The van der Waals surface area contributed by atoms with E-state index >= 15 is 0 Å². The maximum atomic E-state index is 13.5. The van der Waals surface area contributed by atoms with Crippen LogP contribution in [0.5, 0.6) is 5.75 Å². The highest BCUT2D eigenvalue weighted by Gasteiger charge is 2.30. The summed E-state index contributed by atoms with van der Waals surface area (Å²) in [6.07, 6.45) is -0.0229. The fourth-order valence-corrected chi connectivity index (χ4v) is 4.89. The number of tetrazole rings is 1. The number of methoxy groups -OCH3 is 1. The molecule has 14 heteroatoms. The van der Waals surface area contributed by atoms with Gasteiger partial charge in [-0.1, -0.05) is 47.7 Å². The Balaban J connectivity index is 1.78. The first-order valence-electron chi connectivity index (χ1n) is 12.3. The molecule has 0 aliphatic rings. The van der Waals surface area contributed by atoms with Crippen molar-refractivity contribution in [1.29, 1.82) is 0 Å². The van der Waals surface area contributed by atoms with Gasteiger partial charge in [-0.15, -0.1) is 10.2 Å². The summed E-state index contributed by atoms with van der Waals surface area (Å²) >= 11 is 0. The molecule has 0 bridgehead atoms. The highest BCUT2D eigenvalue weighted by atomic mass is 31.2. The van der Waals surface area contributed by atoms with E-state index in [1.165, 1.54) is 0 Å². The first-order chi connectivity index (χ1) is 18.9. The van der Waals surface area contributed by atoms with Crippen molar-refractivity contribution in [2.75, 3.05) is 39.8 Å². The van der Waals surface area contributed by atoms with Crippen LogP contribution in [-0.4, -0.2) is 72.4 Å². The molecular formula is C25H32N5O8P. The smallest absolute Gasteiger partial charge is 0.345 e. The number of H-pyrrole nitrogens is 1. The number of hydrogen-bond donors (Lipinski definition) is 2. The number of ether oxygens (including phenoxy) is 3. The third kappa shape index (κ3) is 9.25. The highest BCUT2D eigenvalue weighted by molar-refractivity contribution is 7.53. The molecule has 1 unspecified atom stereocenters. The molecule has 1 atom stereocenters. The first-order valence-corrected chi connectivity index (χ1v) is 14.0. The molecule has 2 aromatic carbocycles. The van der Waals surface area contributed by atoms with Crippen LogP contribution in [-0.2, 0) is 39.1 Å². The van der Waals surface area contributed by atoms with Gasteiger partial charge >= 0.3 is 19.5 Å². The molecule has 0 aliphatic heterocycles. The number of nitrogens with zero attached hydrogens (tertiary/aromatic N) is 3. The van der Waals surface area contributed by atoms with Crippen molar-refractivity contribution in [1.82, 2.24) is 25.9 Å². The largest absolute Gasteiger partial charge is 0.496 e. The van der Waals surface area contributed by atoms with Crippen molar-refractivity contribution in [3.63, 3.8) is 0 Å². The van der Waals surface area contributed by atoms with Crippen molar-refractivity contribution in [2.24, 2.45) is 0 Å². The lowest BCUT2D eigenvalue weighted by molar-refractivity contribution is -0.146. The van der Waals surface area contributed by atoms with Gasteiger partial charge in [-0.2, -0.15) is 5.21 Å². The Hall–Kier alpha value is -3.64. The number of nitrogens with one attached hydrogen (secondary N) is 2. The van der Waals surface area contributed by atoms with E-state index in [-0.39, 0.29) is 19.5 Å². The van der Waals surface area contributed by atoms with E-state index in [9.17, 15) is 14.2 Å². The number of benzene rings is 2. The van der Waals surface area contributed by atoms with E-state index in [1.807, 2.05) is 48.5 Å². The van der Waals surface area contributed by atoms with Crippen LogP contribution in [0.3, 0.4) is 0 Å². The molecule has 0 saturated carbocycles. The second-order valence-electron chi connectivity index (χ2n) is 8.06.